The summed E-state index contributed by atoms with van der Waals surface area (Å²) in [5.41, 5.74) is 0. The van der Waals surface area contributed by atoms with Crippen molar-refractivity contribution in [3.05, 3.63) is 24.0 Å². The Hall–Kier alpha value is -1.29. The number of hydrogen-bond donors (Lipinski definition) is 0. The zero-order valence-electron chi connectivity index (χ0n) is 10.9. The third-order valence-electron chi connectivity index (χ3n) is 1.83. The molecule has 0 fully saturated rings. The van der Waals surface area contributed by atoms with Crippen molar-refractivity contribution in [2.75, 3.05) is 26.4 Å². The number of esters is 1. The molecule has 4 heteroatoms. The van der Waals surface area contributed by atoms with Crippen LogP contribution in [0.4, 0.5) is 0 Å². The molecular weight excluding hydrogens is 220 g/mol. The van der Waals surface area contributed by atoms with Crippen LogP contribution in [0.1, 0.15) is 27.2 Å². The summed E-state index contributed by atoms with van der Waals surface area (Å²) in [5, 5.41) is 0. The third kappa shape index (κ3) is 11.0. The molecule has 0 spiro atoms. The molecule has 0 radical (unpaired) electrons. The van der Waals surface area contributed by atoms with Gasteiger partial charge in [0.05, 0.1) is 13.2 Å². The van der Waals surface area contributed by atoms with Crippen LogP contribution < -0.4 is 0 Å². The van der Waals surface area contributed by atoms with Gasteiger partial charge in [-0.2, -0.15) is 0 Å². The first kappa shape index (κ1) is 15.7. The topological polar surface area (TPSA) is 44.8 Å². The van der Waals surface area contributed by atoms with Crippen molar-refractivity contribution in [1.29, 1.82) is 0 Å². The van der Waals surface area contributed by atoms with Crippen molar-refractivity contribution < 1.29 is 19.0 Å². The lowest BCUT2D eigenvalue weighted by atomic mass is 10.3. The Labute approximate surface area is 103 Å². The fourth-order valence-corrected chi connectivity index (χ4v) is 1.03. The number of carbonyl (C=O) groups excluding carboxylic acids is 1. The number of ether oxygens (including phenoxy) is 3. The second-order valence-corrected chi connectivity index (χ2v) is 3.30. The van der Waals surface area contributed by atoms with Gasteiger partial charge in [-0.05, 0) is 25.5 Å². The van der Waals surface area contributed by atoms with Crippen molar-refractivity contribution >= 4 is 5.97 Å². The highest BCUT2D eigenvalue weighted by Gasteiger charge is 1.94. The van der Waals surface area contributed by atoms with Crippen LogP contribution in [0, 0.1) is 0 Å². The summed E-state index contributed by atoms with van der Waals surface area (Å²) in [5.74, 6) is 0.557. The molecule has 0 heterocycles. The Bertz CT molecular complexity index is 256. The van der Waals surface area contributed by atoms with E-state index < -0.39 is 0 Å². The summed E-state index contributed by atoms with van der Waals surface area (Å²) in [7, 11) is 0. The van der Waals surface area contributed by atoms with Crippen LogP contribution in [-0.2, 0) is 19.0 Å². The molecule has 17 heavy (non-hydrogen) atoms. The van der Waals surface area contributed by atoms with E-state index in [-0.39, 0.29) is 5.97 Å². The minimum Gasteiger partial charge on any atom is -0.492 e. The minimum absolute atomic E-state index is 0.286. The van der Waals surface area contributed by atoms with Gasteiger partial charge in [-0.25, -0.2) is 0 Å². The van der Waals surface area contributed by atoms with E-state index in [1.54, 1.807) is 0 Å². The van der Waals surface area contributed by atoms with Crippen LogP contribution in [-0.4, -0.2) is 32.4 Å². The molecule has 0 amide bonds. The van der Waals surface area contributed by atoms with Gasteiger partial charge in [0.2, 0.25) is 0 Å². The molecule has 0 aromatic heterocycles. The Morgan fingerprint density at radius 3 is 2.29 bits per heavy atom. The van der Waals surface area contributed by atoms with Crippen molar-refractivity contribution in [1.82, 2.24) is 0 Å². The van der Waals surface area contributed by atoms with Crippen LogP contribution in [0.2, 0.25) is 0 Å². The summed E-state index contributed by atoms with van der Waals surface area (Å²) in [4.78, 5) is 10.4. The van der Waals surface area contributed by atoms with E-state index in [1.807, 2.05) is 25.2 Å². The third-order valence-corrected chi connectivity index (χ3v) is 1.83. The monoisotopic (exact) mass is 242 g/mol. The second-order valence-electron chi connectivity index (χ2n) is 3.30. The molecular formula is C13H22O4. The predicted octanol–water partition coefficient (Wildman–Crippen LogP) is 2.45. The van der Waals surface area contributed by atoms with E-state index in [0.29, 0.717) is 26.4 Å². The van der Waals surface area contributed by atoms with Gasteiger partial charge in [-0.3, -0.25) is 4.79 Å². The van der Waals surface area contributed by atoms with Gasteiger partial charge in [-0.15, -0.1) is 0 Å². The lowest BCUT2D eigenvalue weighted by Gasteiger charge is -2.07. The molecule has 0 aliphatic carbocycles. The van der Waals surface area contributed by atoms with E-state index in [1.165, 1.54) is 6.92 Å². The molecule has 0 saturated heterocycles. The lowest BCUT2D eigenvalue weighted by molar-refractivity contribution is -0.142. The van der Waals surface area contributed by atoms with Crippen LogP contribution in [0.3, 0.4) is 0 Å². The van der Waals surface area contributed by atoms with Crippen LogP contribution >= 0.6 is 0 Å². The van der Waals surface area contributed by atoms with E-state index >= 15 is 0 Å². The average molecular weight is 242 g/mol. The summed E-state index contributed by atoms with van der Waals surface area (Å²) < 4.78 is 15.4. The molecule has 0 saturated carbocycles. The SMILES string of the molecule is C/C=C(\C=C/CC)OCCOCCOC(C)=O. The zero-order valence-corrected chi connectivity index (χ0v) is 10.9. The largest absolute Gasteiger partial charge is 0.492 e. The van der Waals surface area contributed by atoms with Crippen molar-refractivity contribution in [3.8, 4) is 0 Å². The molecule has 0 N–H and O–H groups in total. The first-order chi connectivity index (χ1) is 8.20. The molecule has 0 aliphatic rings. The van der Waals surface area contributed by atoms with Gasteiger partial charge in [0.1, 0.15) is 19.0 Å². The molecule has 4 nitrogen and oxygen atoms in total. The highest BCUT2D eigenvalue weighted by molar-refractivity contribution is 5.65. The summed E-state index contributed by atoms with van der Waals surface area (Å²) in [6.45, 7) is 7.05. The molecule has 0 aromatic rings. The van der Waals surface area contributed by atoms with Gasteiger partial charge in [-0.1, -0.05) is 13.0 Å². The van der Waals surface area contributed by atoms with Crippen molar-refractivity contribution in [2.45, 2.75) is 27.2 Å². The maximum Gasteiger partial charge on any atom is 0.302 e. The maximum atomic E-state index is 10.4. The van der Waals surface area contributed by atoms with Crippen LogP contribution in [0.5, 0.6) is 0 Å². The molecule has 0 aliphatic heterocycles. The predicted molar refractivity (Wildman–Crippen MR) is 66.6 cm³/mol. The maximum absolute atomic E-state index is 10.4. The second kappa shape index (κ2) is 11.2. The van der Waals surface area contributed by atoms with Crippen LogP contribution in [0.15, 0.2) is 24.0 Å². The average Bonchev–Trinajstić information content (AvgIpc) is 2.31. The molecule has 0 rings (SSSR count). The van der Waals surface area contributed by atoms with E-state index in [4.69, 9.17) is 14.2 Å². The van der Waals surface area contributed by atoms with Gasteiger partial charge < -0.3 is 14.2 Å². The van der Waals surface area contributed by atoms with Crippen molar-refractivity contribution in [2.24, 2.45) is 0 Å². The Kier molecular flexibility index (Phi) is 10.4. The van der Waals surface area contributed by atoms with Gasteiger partial charge >= 0.3 is 5.97 Å². The number of hydrogen-bond acceptors (Lipinski definition) is 4. The summed E-state index contributed by atoms with van der Waals surface area (Å²) in [6.07, 6.45) is 6.88. The fourth-order valence-electron chi connectivity index (χ4n) is 1.03. The molecule has 0 unspecified atom stereocenters. The van der Waals surface area contributed by atoms with E-state index in [0.717, 1.165) is 12.2 Å². The Morgan fingerprint density at radius 1 is 1.12 bits per heavy atom. The standard InChI is InChI=1S/C13H22O4/c1-4-6-7-13(5-2)17-11-9-15-8-10-16-12(3)14/h5-7H,4,8-11H2,1-3H3/b7-6-,13-5+. The number of allylic oxidation sites excluding steroid dienone is 3. The summed E-state index contributed by atoms with van der Waals surface area (Å²) in [6, 6.07) is 0. The normalized spacial score (nSPS) is 11.8. The Balaban J connectivity index is 3.44. The van der Waals surface area contributed by atoms with Gasteiger partial charge in [0.15, 0.2) is 0 Å². The quantitative estimate of drug-likeness (QED) is 0.270. The van der Waals surface area contributed by atoms with Gasteiger partial charge in [0.25, 0.3) is 0 Å². The molecule has 0 bridgehead atoms. The fraction of sp³-hybridized carbons (Fsp3) is 0.615. The van der Waals surface area contributed by atoms with Crippen molar-refractivity contribution in [3.63, 3.8) is 0 Å². The number of rotatable bonds is 9. The van der Waals surface area contributed by atoms with E-state index in [2.05, 4.69) is 6.92 Å². The zero-order chi connectivity index (χ0) is 12.9. The Morgan fingerprint density at radius 2 is 1.76 bits per heavy atom. The first-order valence-electron chi connectivity index (χ1n) is 5.87. The first-order valence-corrected chi connectivity index (χ1v) is 5.87. The lowest BCUT2D eigenvalue weighted by Crippen LogP contribution is -2.10. The summed E-state index contributed by atoms with van der Waals surface area (Å²) >= 11 is 0. The van der Waals surface area contributed by atoms with Crippen LogP contribution in [0.25, 0.3) is 0 Å². The van der Waals surface area contributed by atoms with Gasteiger partial charge in [0, 0.05) is 6.92 Å². The molecule has 0 aromatic carbocycles. The molecule has 0 atom stereocenters. The minimum atomic E-state index is -0.286. The molecule has 98 valence electrons. The highest BCUT2D eigenvalue weighted by Crippen LogP contribution is 2.00. The smallest absolute Gasteiger partial charge is 0.302 e. The highest BCUT2D eigenvalue weighted by atomic mass is 16.6. The van der Waals surface area contributed by atoms with E-state index in [9.17, 15) is 4.79 Å². The number of carbonyl (C=O) groups is 1.